The molecule has 28 heavy (non-hydrogen) atoms. The van der Waals surface area contributed by atoms with Crippen LogP contribution in [0.15, 0.2) is 46.7 Å². The van der Waals surface area contributed by atoms with E-state index in [0.29, 0.717) is 19.5 Å². The van der Waals surface area contributed by atoms with Gasteiger partial charge < -0.3 is 10.6 Å². The van der Waals surface area contributed by atoms with Crippen molar-refractivity contribution in [2.45, 2.75) is 37.2 Å². The average molecular weight is 422 g/mol. The number of aryl methyl sites for hydroxylation is 1. The summed E-state index contributed by atoms with van der Waals surface area (Å²) in [5.74, 6) is -1.48. The van der Waals surface area contributed by atoms with Crippen molar-refractivity contribution in [2.75, 3.05) is 13.1 Å². The predicted molar refractivity (Wildman–Crippen MR) is 107 cm³/mol. The van der Waals surface area contributed by atoms with Crippen LogP contribution in [-0.2, 0) is 26.2 Å². The standard InChI is InChI=1S/C19H23N3O4S2/c1-14-6-8-17(9-7-14)28(25,26)22-10-2-4-15(22)12-20-18(23)19(24)21-13-16-5-3-11-27-16/h3,5-9,11,15H,2,4,10,12-13H2,1H3,(H,20,23)(H,21,24)/t15-/m1/s1. The lowest BCUT2D eigenvalue weighted by Gasteiger charge is -2.24. The summed E-state index contributed by atoms with van der Waals surface area (Å²) in [6, 6.07) is 10.1. The van der Waals surface area contributed by atoms with Gasteiger partial charge in [0.1, 0.15) is 0 Å². The Morgan fingerprint density at radius 1 is 1.14 bits per heavy atom. The van der Waals surface area contributed by atoms with Crippen molar-refractivity contribution < 1.29 is 18.0 Å². The van der Waals surface area contributed by atoms with Gasteiger partial charge in [0, 0.05) is 24.0 Å². The van der Waals surface area contributed by atoms with E-state index in [1.807, 2.05) is 24.4 Å². The summed E-state index contributed by atoms with van der Waals surface area (Å²) in [7, 11) is -3.63. The van der Waals surface area contributed by atoms with Gasteiger partial charge in [0.25, 0.3) is 0 Å². The van der Waals surface area contributed by atoms with E-state index in [0.717, 1.165) is 16.9 Å². The molecule has 3 rings (SSSR count). The number of nitrogens with zero attached hydrogens (tertiary/aromatic N) is 1. The molecule has 1 aromatic heterocycles. The molecule has 2 heterocycles. The largest absolute Gasteiger partial charge is 0.346 e. The maximum Gasteiger partial charge on any atom is 0.309 e. The van der Waals surface area contributed by atoms with Crippen LogP contribution >= 0.6 is 11.3 Å². The lowest BCUT2D eigenvalue weighted by Crippen LogP contribution is -2.46. The smallest absolute Gasteiger partial charge is 0.309 e. The Labute approximate surface area is 168 Å². The lowest BCUT2D eigenvalue weighted by molar-refractivity contribution is -0.139. The summed E-state index contributed by atoms with van der Waals surface area (Å²) in [4.78, 5) is 25.2. The van der Waals surface area contributed by atoms with E-state index in [2.05, 4.69) is 10.6 Å². The van der Waals surface area contributed by atoms with Crippen LogP contribution in [0.4, 0.5) is 0 Å². The number of sulfonamides is 1. The van der Waals surface area contributed by atoms with E-state index in [-0.39, 0.29) is 17.5 Å². The second-order valence-electron chi connectivity index (χ2n) is 6.70. The van der Waals surface area contributed by atoms with Crippen molar-refractivity contribution in [2.24, 2.45) is 0 Å². The van der Waals surface area contributed by atoms with E-state index in [1.165, 1.54) is 15.6 Å². The Morgan fingerprint density at radius 3 is 2.54 bits per heavy atom. The monoisotopic (exact) mass is 421 g/mol. The molecule has 1 aliphatic heterocycles. The maximum atomic E-state index is 12.9. The van der Waals surface area contributed by atoms with Crippen LogP contribution < -0.4 is 10.6 Å². The van der Waals surface area contributed by atoms with Crippen molar-refractivity contribution in [1.29, 1.82) is 0 Å². The summed E-state index contributed by atoms with van der Waals surface area (Å²) < 4.78 is 27.2. The fourth-order valence-corrected chi connectivity index (χ4v) is 5.46. The van der Waals surface area contributed by atoms with Crippen LogP contribution in [0.5, 0.6) is 0 Å². The van der Waals surface area contributed by atoms with E-state index >= 15 is 0 Å². The molecule has 2 amide bonds. The van der Waals surface area contributed by atoms with Crippen molar-refractivity contribution in [3.63, 3.8) is 0 Å². The summed E-state index contributed by atoms with van der Waals surface area (Å²) in [5, 5.41) is 7.02. The van der Waals surface area contributed by atoms with Crippen LogP contribution in [-0.4, -0.2) is 43.7 Å². The molecule has 2 aromatic rings. The highest BCUT2D eigenvalue weighted by molar-refractivity contribution is 7.89. The Kier molecular flexibility index (Phi) is 6.48. The van der Waals surface area contributed by atoms with Gasteiger partial charge in [0.05, 0.1) is 11.4 Å². The minimum Gasteiger partial charge on any atom is -0.346 e. The third-order valence-electron chi connectivity index (χ3n) is 4.66. The van der Waals surface area contributed by atoms with Gasteiger partial charge in [-0.1, -0.05) is 23.8 Å². The van der Waals surface area contributed by atoms with E-state index < -0.39 is 21.8 Å². The number of hydrogen-bond acceptors (Lipinski definition) is 5. The zero-order valence-corrected chi connectivity index (χ0v) is 17.2. The summed E-state index contributed by atoms with van der Waals surface area (Å²) >= 11 is 1.49. The maximum absolute atomic E-state index is 12.9. The minimum absolute atomic E-state index is 0.107. The molecule has 7 nitrogen and oxygen atoms in total. The van der Waals surface area contributed by atoms with Crippen LogP contribution in [0, 0.1) is 6.92 Å². The SMILES string of the molecule is Cc1ccc(S(=O)(=O)N2CCC[C@@H]2CNC(=O)C(=O)NCc2cccs2)cc1. The van der Waals surface area contributed by atoms with Gasteiger partial charge in [-0.2, -0.15) is 4.31 Å². The van der Waals surface area contributed by atoms with Crippen molar-refractivity contribution >= 4 is 33.2 Å². The number of carbonyl (C=O) groups excluding carboxylic acids is 2. The number of thiophene rings is 1. The zero-order valence-electron chi connectivity index (χ0n) is 15.6. The number of rotatable bonds is 6. The van der Waals surface area contributed by atoms with Crippen molar-refractivity contribution in [3.05, 3.63) is 52.2 Å². The number of benzene rings is 1. The van der Waals surface area contributed by atoms with E-state index in [4.69, 9.17) is 0 Å². The molecule has 0 radical (unpaired) electrons. The molecule has 2 N–H and O–H groups in total. The van der Waals surface area contributed by atoms with E-state index in [1.54, 1.807) is 24.3 Å². The normalized spacial score (nSPS) is 17.4. The van der Waals surface area contributed by atoms with E-state index in [9.17, 15) is 18.0 Å². The molecule has 1 atom stereocenters. The van der Waals surface area contributed by atoms with Crippen molar-refractivity contribution in [1.82, 2.24) is 14.9 Å². The molecule has 1 aromatic carbocycles. The number of hydrogen-bond donors (Lipinski definition) is 2. The molecule has 1 aliphatic rings. The second kappa shape index (κ2) is 8.85. The molecular formula is C19H23N3O4S2. The first-order valence-corrected chi connectivity index (χ1v) is 11.4. The van der Waals surface area contributed by atoms with Crippen LogP contribution in [0.3, 0.4) is 0 Å². The topological polar surface area (TPSA) is 95.6 Å². The van der Waals surface area contributed by atoms with Crippen LogP contribution in [0.2, 0.25) is 0 Å². The van der Waals surface area contributed by atoms with Crippen molar-refractivity contribution in [3.8, 4) is 0 Å². The fourth-order valence-electron chi connectivity index (χ4n) is 3.13. The van der Waals surface area contributed by atoms with Gasteiger partial charge in [-0.3, -0.25) is 9.59 Å². The summed E-state index contributed by atoms with van der Waals surface area (Å²) in [5.41, 5.74) is 0.984. The summed E-state index contributed by atoms with van der Waals surface area (Å²) in [6.07, 6.45) is 1.36. The quantitative estimate of drug-likeness (QED) is 0.693. The Bertz CT molecular complexity index is 925. The van der Waals surface area contributed by atoms with Gasteiger partial charge in [0.2, 0.25) is 10.0 Å². The number of carbonyl (C=O) groups is 2. The molecular weight excluding hydrogens is 398 g/mol. The number of nitrogens with one attached hydrogen (secondary N) is 2. The molecule has 0 unspecified atom stereocenters. The zero-order chi connectivity index (χ0) is 20.1. The predicted octanol–water partition coefficient (Wildman–Crippen LogP) is 1.64. The molecule has 150 valence electrons. The van der Waals surface area contributed by atoms with Crippen LogP contribution in [0.25, 0.3) is 0 Å². The first-order valence-electron chi connectivity index (χ1n) is 9.05. The first-order chi connectivity index (χ1) is 13.4. The fraction of sp³-hybridized carbons (Fsp3) is 0.368. The van der Waals surface area contributed by atoms with Gasteiger partial charge in [0.15, 0.2) is 0 Å². The molecule has 1 fully saturated rings. The van der Waals surface area contributed by atoms with Crippen LogP contribution in [0.1, 0.15) is 23.3 Å². The number of amides is 2. The highest BCUT2D eigenvalue weighted by atomic mass is 32.2. The molecule has 0 bridgehead atoms. The molecule has 9 heteroatoms. The molecule has 1 saturated heterocycles. The Balaban J connectivity index is 1.56. The molecule has 0 aliphatic carbocycles. The highest BCUT2D eigenvalue weighted by Crippen LogP contribution is 2.25. The molecule has 0 spiro atoms. The summed E-state index contributed by atoms with van der Waals surface area (Å²) in [6.45, 7) is 2.70. The Hall–Kier alpha value is -2.23. The third kappa shape index (κ3) is 4.78. The molecule has 0 saturated carbocycles. The second-order valence-corrected chi connectivity index (χ2v) is 9.62. The minimum atomic E-state index is -3.63. The highest BCUT2D eigenvalue weighted by Gasteiger charge is 2.35. The van der Waals surface area contributed by atoms with Gasteiger partial charge in [-0.25, -0.2) is 8.42 Å². The van der Waals surface area contributed by atoms with Gasteiger partial charge >= 0.3 is 11.8 Å². The average Bonchev–Trinajstić information content (AvgIpc) is 3.36. The third-order valence-corrected chi connectivity index (χ3v) is 7.50. The Morgan fingerprint density at radius 2 is 1.86 bits per heavy atom. The van der Waals surface area contributed by atoms with Gasteiger partial charge in [-0.05, 0) is 43.3 Å². The lowest BCUT2D eigenvalue weighted by atomic mass is 10.2. The van der Waals surface area contributed by atoms with Gasteiger partial charge in [-0.15, -0.1) is 11.3 Å². The first kappa shape index (κ1) is 20.5.